The number of nitrogens with two attached hydrogens (primary N) is 1. The zero-order valence-electron chi connectivity index (χ0n) is 16.8. The van der Waals surface area contributed by atoms with Gasteiger partial charge >= 0.3 is 6.18 Å². The van der Waals surface area contributed by atoms with Gasteiger partial charge in [-0.25, -0.2) is 4.68 Å². The Kier molecular flexibility index (Phi) is 6.44. The molecule has 0 atom stereocenters. The number of nitrogens with zero attached hydrogens (tertiary/aromatic N) is 3. The summed E-state index contributed by atoms with van der Waals surface area (Å²) in [4.78, 5) is 37.9. The summed E-state index contributed by atoms with van der Waals surface area (Å²) in [6.45, 7) is 2.78. The second-order valence-corrected chi connectivity index (χ2v) is 7.45. The lowest BCUT2D eigenvalue weighted by atomic mass is 10.0. The van der Waals surface area contributed by atoms with E-state index in [1.54, 1.807) is 0 Å². The first-order chi connectivity index (χ1) is 14.5. The lowest BCUT2D eigenvalue weighted by molar-refractivity contribution is -0.137. The van der Waals surface area contributed by atoms with Crippen molar-refractivity contribution in [1.29, 1.82) is 0 Å². The van der Waals surface area contributed by atoms with Crippen molar-refractivity contribution < 1.29 is 22.8 Å². The number of carbonyl (C=O) groups excluding carboxylic acids is 2. The normalized spacial score (nSPS) is 15.6. The minimum absolute atomic E-state index is 0.0844. The number of benzene rings is 1. The van der Waals surface area contributed by atoms with Gasteiger partial charge in [0.25, 0.3) is 5.91 Å². The van der Waals surface area contributed by atoms with Crippen LogP contribution in [-0.2, 0) is 11.0 Å². The average Bonchev–Trinajstić information content (AvgIpc) is 2.68. The molecule has 0 bridgehead atoms. The number of amides is 2. The highest BCUT2D eigenvalue weighted by molar-refractivity contribution is 5.92. The Morgan fingerprint density at radius 1 is 1.23 bits per heavy atom. The molecule has 2 amide bonds. The number of likely N-dealkylation sites (tertiary alicyclic amines) is 1. The lowest BCUT2D eigenvalue weighted by Gasteiger charge is -2.31. The summed E-state index contributed by atoms with van der Waals surface area (Å²) in [5, 5.41) is 6.78. The molecule has 11 heteroatoms. The lowest BCUT2D eigenvalue weighted by Crippen LogP contribution is -2.47. The summed E-state index contributed by atoms with van der Waals surface area (Å²) in [6, 6.07) is 5.42. The smallest absolute Gasteiger partial charge is 0.369 e. The SMILES string of the molecule is Cc1cc(=O)c(C(=O)NC2CCN(CC(N)=O)CC2)nn1-c1cccc(C(F)(F)F)c1. The molecule has 31 heavy (non-hydrogen) atoms. The molecule has 3 N–H and O–H groups in total. The summed E-state index contributed by atoms with van der Waals surface area (Å²) in [5.41, 5.74) is 3.67. The second-order valence-electron chi connectivity index (χ2n) is 7.45. The Morgan fingerprint density at radius 2 is 1.90 bits per heavy atom. The number of alkyl halides is 3. The number of piperidine rings is 1. The molecule has 1 saturated heterocycles. The Labute approximate surface area is 175 Å². The fourth-order valence-electron chi connectivity index (χ4n) is 3.49. The van der Waals surface area contributed by atoms with Gasteiger partial charge in [0, 0.05) is 30.9 Å². The van der Waals surface area contributed by atoms with Crippen LogP contribution in [-0.4, -0.2) is 52.2 Å². The molecule has 0 radical (unpaired) electrons. The average molecular weight is 437 g/mol. The van der Waals surface area contributed by atoms with Crippen LogP contribution in [0.2, 0.25) is 0 Å². The van der Waals surface area contributed by atoms with E-state index in [-0.39, 0.29) is 18.3 Å². The molecule has 1 aliphatic rings. The van der Waals surface area contributed by atoms with Crippen LogP contribution in [0.5, 0.6) is 0 Å². The third-order valence-electron chi connectivity index (χ3n) is 5.04. The van der Waals surface area contributed by atoms with Crippen molar-refractivity contribution >= 4 is 11.8 Å². The molecule has 1 aliphatic heterocycles. The second kappa shape index (κ2) is 8.88. The molecule has 1 aromatic carbocycles. The fraction of sp³-hybridized carbons (Fsp3) is 0.400. The van der Waals surface area contributed by atoms with E-state index in [0.717, 1.165) is 22.9 Å². The van der Waals surface area contributed by atoms with Crippen molar-refractivity contribution in [3.63, 3.8) is 0 Å². The van der Waals surface area contributed by atoms with Gasteiger partial charge in [0.15, 0.2) is 5.69 Å². The van der Waals surface area contributed by atoms with Gasteiger partial charge in [0.2, 0.25) is 11.3 Å². The van der Waals surface area contributed by atoms with Gasteiger partial charge in [0.1, 0.15) is 0 Å². The van der Waals surface area contributed by atoms with Crippen LogP contribution in [0.15, 0.2) is 35.1 Å². The molecule has 0 saturated carbocycles. The van der Waals surface area contributed by atoms with Gasteiger partial charge in [-0.1, -0.05) is 6.07 Å². The zero-order valence-corrected chi connectivity index (χ0v) is 16.8. The molecule has 0 unspecified atom stereocenters. The number of nitrogens with one attached hydrogen (secondary N) is 1. The maximum Gasteiger partial charge on any atom is 0.416 e. The largest absolute Gasteiger partial charge is 0.416 e. The number of aryl methyl sites for hydroxylation is 1. The Balaban J connectivity index is 1.79. The number of carbonyl (C=O) groups is 2. The maximum absolute atomic E-state index is 13.0. The van der Waals surface area contributed by atoms with Crippen LogP contribution >= 0.6 is 0 Å². The molecule has 166 valence electrons. The number of primary amides is 1. The van der Waals surface area contributed by atoms with Gasteiger partial charge in [-0.3, -0.25) is 19.3 Å². The molecule has 0 aliphatic carbocycles. The van der Waals surface area contributed by atoms with Crippen LogP contribution in [0.25, 0.3) is 5.69 Å². The highest BCUT2D eigenvalue weighted by Gasteiger charge is 2.31. The third kappa shape index (κ3) is 5.48. The maximum atomic E-state index is 13.0. The summed E-state index contributed by atoms with van der Waals surface area (Å²) < 4.78 is 40.3. The van der Waals surface area contributed by atoms with Gasteiger partial charge in [-0.05, 0) is 38.0 Å². The van der Waals surface area contributed by atoms with Crippen LogP contribution in [0.1, 0.15) is 34.6 Å². The standard InChI is InChI=1S/C20H22F3N5O3/c1-12-9-16(29)18(19(31)25-14-5-7-27(8-6-14)11-17(24)30)26-28(12)15-4-2-3-13(10-15)20(21,22)23/h2-4,9-10,14H,5-8,11H2,1H3,(H2,24,30)(H,25,31). The predicted molar refractivity (Wildman–Crippen MR) is 106 cm³/mol. The number of rotatable bonds is 5. The first kappa shape index (κ1) is 22.5. The molecule has 2 heterocycles. The quantitative estimate of drug-likeness (QED) is 0.731. The van der Waals surface area contributed by atoms with Gasteiger partial charge < -0.3 is 11.1 Å². The molecule has 0 spiro atoms. The molecule has 2 aromatic rings. The predicted octanol–water partition coefficient (Wildman–Crippen LogP) is 1.24. The number of halogens is 3. The first-order valence-corrected chi connectivity index (χ1v) is 9.64. The summed E-state index contributed by atoms with van der Waals surface area (Å²) in [7, 11) is 0. The topological polar surface area (TPSA) is 110 Å². The van der Waals surface area contributed by atoms with Gasteiger partial charge in [0.05, 0.1) is 17.8 Å². The van der Waals surface area contributed by atoms with E-state index < -0.39 is 34.7 Å². The summed E-state index contributed by atoms with van der Waals surface area (Å²) >= 11 is 0. The van der Waals surface area contributed by atoms with Crippen molar-refractivity contribution in [2.24, 2.45) is 5.73 Å². The van der Waals surface area contributed by atoms with E-state index in [2.05, 4.69) is 10.4 Å². The Bertz CT molecular complexity index is 1040. The van der Waals surface area contributed by atoms with E-state index in [0.29, 0.717) is 31.6 Å². The molecule has 1 fully saturated rings. The monoisotopic (exact) mass is 437 g/mol. The van der Waals surface area contributed by atoms with Crippen molar-refractivity contribution in [1.82, 2.24) is 20.0 Å². The minimum atomic E-state index is -4.54. The number of hydrogen-bond donors (Lipinski definition) is 2. The molecular formula is C20H22F3N5O3. The zero-order chi connectivity index (χ0) is 22.8. The third-order valence-corrected chi connectivity index (χ3v) is 5.04. The molecule has 3 rings (SSSR count). The van der Waals surface area contributed by atoms with E-state index >= 15 is 0 Å². The Morgan fingerprint density at radius 3 is 2.52 bits per heavy atom. The van der Waals surface area contributed by atoms with Gasteiger partial charge in [-0.15, -0.1) is 0 Å². The Hall–Kier alpha value is -3.21. The first-order valence-electron chi connectivity index (χ1n) is 9.64. The van der Waals surface area contributed by atoms with E-state index in [1.165, 1.54) is 19.1 Å². The van der Waals surface area contributed by atoms with Crippen LogP contribution < -0.4 is 16.5 Å². The van der Waals surface area contributed by atoms with Crippen molar-refractivity contribution in [2.45, 2.75) is 32.0 Å². The number of aromatic nitrogens is 2. The van der Waals surface area contributed by atoms with Gasteiger partial charge in [-0.2, -0.15) is 18.3 Å². The highest BCUT2D eigenvalue weighted by atomic mass is 19.4. The minimum Gasteiger partial charge on any atom is -0.369 e. The van der Waals surface area contributed by atoms with Crippen molar-refractivity contribution in [3.05, 3.63) is 57.5 Å². The van der Waals surface area contributed by atoms with Crippen molar-refractivity contribution in [3.8, 4) is 5.69 Å². The van der Waals surface area contributed by atoms with Crippen LogP contribution in [0, 0.1) is 6.92 Å². The van der Waals surface area contributed by atoms with Crippen LogP contribution in [0.3, 0.4) is 0 Å². The van der Waals surface area contributed by atoms with Crippen molar-refractivity contribution in [2.75, 3.05) is 19.6 Å². The summed E-state index contributed by atoms with van der Waals surface area (Å²) in [5.74, 6) is -1.12. The molecular weight excluding hydrogens is 415 g/mol. The highest BCUT2D eigenvalue weighted by Crippen LogP contribution is 2.30. The molecule has 8 nitrogen and oxygen atoms in total. The summed E-state index contributed by atoms with van der Waals surface area (Å²) in [6.07, 6.45) is -3.41. The number of hydrogen-bond acceptors (Lipinski definition) is 5. The van der Waals surface area contributed by atoms with E-state index in [9.17, 15) is 27.6 Å². The fourth-order valence-corrected chi connectivity index (χ4v) is 3.49. The van der Waals surface area contributed by atoms with E-state index in [4.69, 9.17) is 5.73 Å². The van der Waals surface area contributed by atoms with Crippen LogP contribution in [0.4, 0.5) is 13.2 Å². The molecule has 1 aromatic heterocycles. The van der Waals surface area contributed by atoms with E-state index in [1.807, 2.05) is 4.90 Å².